The lowest BCUT2D eigenvalue weighted by Gasteiger charge is -2.42. The number of hydrogen-bond donors (Lipinski definition) is 0. The van der Waals surface area contributed by atoms with E-state index in [9.17, 15) is 0 Å². The van der Waals surface area contributed by atoms with Gasteiger partial charge in [0.05, 0.1) is 22.8 Å². The van der Waals surface area contributed by atoms with Gasteiger partial charge in [-0.15, -0.1) is 0 Å². The molecule has 1 aliphatic heterocycles. The smallest absolute Gasteiger partial charge is 0.0699 e. The summed E-state index contributed by atoms with van der Waals surface area (Å²) in [5.41, 5.74) is 8.69. The van der Waals surface area contributed by atoms with Crippen LogP contribution in [0.3, 0.4) is 0 Å². The number of nitrogens with zero attached hydrogens (tertiary/aromatic N) is 2. The molecule has 0 aromatic heterocycles. The van der Waals surface area contributed by atoms with Crippen molar-refractivity contribution in [3.63, 3.8) is 0 Å². The molecule has 0 spiro atoms. The van der Waals surface area contributed by atoms with Gasteiger partial charge in [-0.05, 0) is 67.5 Å². The standard InChI is InChI=1S/C32H30N2/c1-5-16-31-30(8-4)34(28-23-15-20-26(24-28)25-18-11-9-12-19-25)32(17-6-2)29(7-3)33(31)27-21-13-10-14-22-27/h5-24H,2,4H2,1,3H3/b16-5-,29-7+,32-17+. The van der Waals surface area contributed by atoms with Gasteiger partial charge >= 0.3 is 0 Å². The van der Waals surface area contributed by atoms with Crippen LogP contribution >= 0.6 is 0 Å². The lowest BCUT2D eigenvalue weighted by molar-refractivity contribution is 0.953. The van der Waals surface area contributed by atoms with E-state index < -0.39 is 0 Å². The minimum atomic E-state index is 1.01. The van der Waals surface area contributed by atoms with Crippen LogP contribution in [0, 0.1) is 0 Å². The Morgan fingerprint density at radius 1 is 0.647 bits per heavy atom. The maximum Gasteiger partial charge on any atom is 0.0699 e. The van der Waals surface area contributed by atoms with Crippen molar-refractivity contribution in [2.45, 2.75) is 13.8 Å². The lowest BCUT2D eigenvalue weighted by atomic mass is 10.0. The molecule has 0 atom stereocenters. The molecule has 0 radical (unpaired) electrons. The number of para-hydroxylation sites is 1. The molecule has 2 heteroatoms. The molecule has 0 unspecified atom stereocenters. The minimum absolute atomic E-state index is 1.01. The van der Waals surface area contributed by atoms with Crippen LogP contribution < -0.4 is 9.80 Å². The Bertz CT molecular complexity index is 1290. The van der Waals surface area contributed by atoms with E-state index >= 15 is 0 Å². The molecule has 3 aromatic carbocycles. The fourth-order valence-corrected chi connectivity index (χ4v) is 4.37. The zero-order valence-corrected chi connectivity index (χ0v) is 19.9. The van der Waals surface area contributed by atoms with E-state index in [1.165, 1.54) is 11.1 Å². The van der Waals surface area contributed by atoms with Gasteiger partial charge in [-0.2, -0.15) is 0 Å². The van der Waals surface area contributed by atoms with Gasteiger partial charge in [0, 0.05) is 11.4 Å². The van der Waals surface area contributed by atoms with E-state index in [0.717, 1.165) is 34.2 Å². The second-order valence-electron chi connectivity index (χ2n) is 7.86. The van der Waals surface area contributed by atoms with Crippen molar-refractivity contribution in [2.75, 3.05) is 9.80 Å². The summed E-state index contributed by atoms with van der Waals surface area (Å²) in [5, 5.41) is 0. The third-order valence-electron chi connectivity index (χ3n) is 5.78. The number of anilines is 2. The van der Waals surface area contributed by atoms with E-state index in [1.54, 1.807) is 0 Å². The zero-order valence-electron chi connectivity index (χ0n) is 19.9. The number of benzene rings is 3. The number of allylic oxidation sites excluding steroid dienone is 6. The molecule has 0 fully saturated rings. The average molecular weight is 443 g/mol. The van der Waals surface area contributed by atoms with Gasteiger partial charge in [0.25, 0.3) is 0 Å². The Kier molecular flexibility index (Phi) is 7.10. The van der Waals surface area contributed by atoms with Crippen molar-refractivity contribution < 1.29 is 0 Å². The minimum Gasteiger partial charge on any atom is -0.307 e. The molecule has 0 aliphatic carbocycles. The Balaban J connectivity index is 2.00. The van der Waals surface area contributed by atoms with Crippen molar-refractivity contribution in [2.24, 2.45) is 0 Å². The van der Waals surface area contributed by atoms with Gasteiger partial charge in [0.2, 0.25) is 0 Å². The van der Waals surface area contributed by atoms with Gasteiger partial charge in [-0.25, -0.2) is 0 Å². The van der Waals surface area contributed by atoms with E-state index in [4.69, 9.17) is 0 Å². The summed E-state index contributed by atoms with van der Waals surface area (Å²) in [6.45, 7) is 12.3. The molecule has 1 heterocycles. The van der Waals surface area contributed by atoms with E-state index in [0.29, 0.717) is 0 Å². The van der Waals surface area contributed by atoms with E-state index in [2.05, 4.69) is 127 Å². The molecule has 0 amide bonds. The van der Waals surface area contributed by atoms with Crippen molar-refractivity contribution in [3.8, 4) is 11.1 Å². The fourth-order valence-electron chi connectivity index (χ4n) is 4.37. The molecule has 4 rings (SSSR count). The van der Waals surface area contributed by atoms with Gasteiger partial charge in [-0.1, -0.05) is 92.0 Å². The van der Waals surface area contributed by atoms with Crippen molar-refractivity contribution >= 4 is 11.4 Å². The monoisotopic (exact) mass is 442 g/mol. The normalized spacial score (nSPS) is 16.5. The summed E-state index contributed by atoms with van der Waals surface area (Å²) in [7, 11) is 0. The third kappa shape index (κ3) is 4.31. The Morgan fingerprint density at radius 2 is 1.26 bits per heavy atom. The van der Waals surface area contributed by atoms with Crippen LogP contribution in [0.25, 0.3) is 11.1 Å². The second-order valence-corrected chi connectivity index (χ2v) is 7.86. The Hall–Kier alpha value is -4.30. The van der Waals surface area contributed by atoms with E-state index in [-0.39, 0.29) is 0 Å². The molecule has 0 bridgehead atoms. The summed E-state index contributed by atoms with van der Waals surface area (Å²) >= 11 is 0. The van der Waals surface area contributed by atoms with Crippen LogP contribution in [-0.2, 0) is 0 Å². The average Bonchev–Trinajstić information content (AvgIpc) is 2.90. The topological polar surface area (TPSA) is 6.48 Å². The first-order chi connectivity index (χ1) is 16.7. The molecule has 34 heavy (non-hydrogen) atoms. The quantitative estimate of drug-likeness (QED) is 0.377. The lowest BCUT2D eigenvalue weighted by Crippen LogP contribution is -2.38. The van der Waals surface area contributed by atoms with Gasteiger partial charge < -0.3 is 9.80 Å². The highest BCUT2D eigenvalue weighted by Crippen LogP contribution is 2.42. The van der Waals surface area contributed by atoms with Crippen molar-refractivity contribution in [1.29, 1.82) is 0 Å². The fraction of sp³-hybridized carbons (Fsp3) is 0.0625. The predicted octanol–water partition coefficient (Wildman–Crippen LogP) is 8.63. The van der Waals surface area contributed by atoms with Crippen molar-refractivity contribution in [3.05, 3.63) is 157 Å². The first kappa shape index (κ1) is 22.9. The molecule has 1 aliphatic rings. The SMILES string of the molecule is C=C/C=C1\C(=C/C)N(c2ccccc2)C(/C=C\C)=C(C=C)N1c1cccc(-c2ccccc2)c1. The summed E-state index contributed by atoms with van der Waals surface area (Å²) in [4.78, 5) is 4.55. The molecule has 2 nitrogen and oxygen atoms in total. The maximum atomic E-state index is 4.21. The molecular formula is C32H30N2. The summed E-state index contributed by atoms with van der Waals surface area (Å²) in [6.07, 6.45) is 12.2. The van der Waals surface area contributed by atoms with Crippen LogP contribution in [0.15, 0.2) is 157 Å². The van der Waals surface area contributed by atoms with Gasteiger partial charge in [-0.3, -0.25) is 0 Å². The first-order valence-electron chi connectivity index (χ1n) is 11.5. The molecule has 0 saturated heterocycles. The van der Waals surface area contributed by atoms with Crippen LogP contribution in [0.1, 0.15) is 13.8 Å². The highest BCUT2D eigenvalue weighted by molar-refractivity contribution is 5.80. The maximum absolute atomic E-state index is 4.21. The van der Waals surface area contributed by atoms with Crippen LogP contribution in [-0.4, -0.2) is 0 Å². The second kappa shape index (κ2) is 10.5. The molecule has 0 N–H and O–H groups in total. The highest BCUT2D eigenvalue weighted by Gasteiger charge is 2.32. The van der Waals surface area contributed by atoms with Crippen molar-refractivity contribution in [1.82, 2.24) is 0 Å². The molecule has 0 saturated carbocycles. The Morgan fingerprint density at radius 3 is 1.88 bits per heavy atom. The largest absolute Gasteiger partial charge is 0.307 e. The van der Waals surface area contributed by atoms with Crippen LogP contribution in [0.4, 0.5) is 11.4 Å². The molecular weight excluding hydrogens is 412 g/mol. The Labute approximate surface area is 203 Å². The molecule has 168 valence electrons. The molecule has 3 aromatic rings. The zero-order chi connectivity index (χ0) is 23.9. The summed E-state index contributed by atoms with van der Waals surface area (Å²) < 4.78 is 0. The van der Waals surface area contributed by atoms with Gasteiger partial charge in [0.1, 0.15) is 0 Å². The predicted molar refractivity (Wildman–Crippen MR) is 147 cm³/mol. The van der Waals surface area contributed by atoms with Crippen LogP contribution in [0.5, 0.6) is 0 Å². The van der Waals surface area contributed by atoms with Gasteiger partial charge in [0.15, 0.2) is 0 Å². The summed E-state index contributed by atoms with van der Waals surface area (Å²) in [6, 6.07) is 29.5. The first-order valence-corrected chi connectivity index (χ1v) is 11.5. The van der Waals surface area contributed by atoms with Crippen LogP contribution in [0.2, 0.25) is 0 Å². The highest BCUT2D eigenvalue weighted by atomic mass is 15.3. The third-order valence-corrected chi connectivity index (χ3v) is 5.78. The summed E-state index contributed by atoms with van der Waals surface area (Å²) in [5.74, 6) is 0. The number of hydrogen-bond acceptors (Lipinski definition) is 2. The number of rotatable bonds is 6. The van der Waals surface area contributed by atoms with E-state index in [1.807, 2.05) is 31.2 Å².